The van der Waals surface area contributed by atoms with Crippen LogP contribution in [0, 0.1) is 0 Å². The van der Waals surface area contributed by atoms with Crippen LogP contribution in [0.4, 0.5) is 0 Å². The molecule has 3 heterocycles. The van der Waals surface area contributed by atoms with Crippen molar-refractivity contribution in [3.8, 4) is 0 Å². The Hall–Kier alpha value is -0.940. The number of hydrogen-bond acceptors (Lipinski definition) is 5. The van der Waals surface area contributed by atoms with Crippen molar-refractivity contribution < 1.29 is 9.26 Å². The first-order valence-electron chi connectivity index (χ1n) is 7.38. The fourth-order valence-corrected chi connectivity index (χ4v) is 3.23. The van der Waals surface area contributed by atoms with Crippen LogP contribution in [0.25, 0.3) is 0 Å². The molecule has 2 aliphatic rings. The van der Waals surface area contributed by atoms with Crippen LogP contribution in [0.5, 0.6) is 0 Å². The molecular formula is C14H23N3O2. The topological polar surface area (TPSA) is 60.2 Å². The van der Waals surface area contributed by atoms with Crippen LogP contribution in [0.1, 0.15) is 57.7 Å². The summed E-state index contributed by atoms with van der Waals surface area (Å²) in [6, 6.07) is 0. The summed E-state index contributed by atoms with van der Waals surface area (Å²) in [4.78, 5) is 4.70. The van der Waals surface area contributed by atoms with E-state index >= 15 is 0 Å². The van der Waals surface area contributed by atoms with Gasteiger partial charge in [-0.25, -0.2) is 0 Å². The standard InChI is InChI=1S/C14H23N3O2/c1-3-14(6-8-15-9-7-14)12-16-11(17-19-12)13(2)5-4-10-18-13/h15H,3-10H2,1-2H3. The Balaban J connectivity index is 1.87. The van der Waals surface area contributed by atoms with E-state index in [0.717, 1.165) is 63.5 Å². The Morgan fingerprint density at radius 3 is 2.68 bits per heavy atom. The summed E-state index contributed by atoms with van der Waals surface area (Å²) in [6.07, 6.45) is 5.25. The lowest BCUT2D eigenvalue weighted by Crippen LogP contribution is -2.39. The number of piperidine rings is 1. The minimum absolute atomic E-state index is 0.0610. The van der Waals surface area contributed by atoms with Gasteiger partial charge in [-0.1, -0.05) is 12.1 Å². The molecule has 2 fully saturated rings. The largest absolute Gasteiger partial charge is 0.367 e. The Morgan fingerprint density at radius 1 is 1.26 bits per heavy atom. The van der Waals surface area contributed by atoms with Crippen molar-refractivity contribution in [2.75, 3.05) is 19.7 Å². The van der Waals surface area contributed by atoms with E-state index in [0.29, 0.717) is 0 Å². The molecule has 0 aromatic carbocycles. The van der Waals surface area contributed by atoms with Crippen LogP contribution in [-0.4, -0.2) is 29.8 Å². The molecule has 0 saturated carbocycles. The van der Waals surface area contributed by atoms with Gasteiger partial charge in [-0.05, 0) is 52.1 Å². The molecule has 5 heteroatoms. The van der Waals surface area contributed by atoms with Crippen molar-refractivity contribution >= 4 is 0 Å². The fourth-order valence-electron chi connectivity index (χ4n) is 3.23. The highest BCUT2D eigenvalue weighted by atomic mass is 16.5. The second-order valence-electron chi connectivity index (χ2n) is 5.99. The molecule has 0 radical (unpaired) electrons. The van der Waals surface area contributed by atoms with Crippen LogP contribution < -0.4 is 5.32 Å². The molecule has 0 amide bonds. The van der Waals surface area contributed by atoms with Gasteiger partial charge in [0.05, 0.1) is 5.41 Å². The molecule has 19 heavy (non-hydrogen) atoms. The smallest absolute Gasteiger partial charge is 0.233 e. The summed E-state index contributed by atoms with van der Waals surface area (Å²) in [5.74, 6) is 1.54. The summed E-state index contributed by atoms with van der Waals surface area (Å²) in [6.45, 7) is 7.13. The highest BCUT2D eigenvalue weighted by molar-refractivity contribution is 5.10. The van der Waals surface area contributed by atoms with Crippen LogP contribution in [-0.2, 0) is 15.8 Å². The molecule has 0 aliphatic carbocycles. The fraction of sp³-hybridized carbons (Fsp3) is 0.857. The first kappa shape index (κ1) is 13.1. The minimum Gasteiger partial charge on any atom is -0.367 e. The monoisotopic (exact) mass is 265 g/mol. The molecule has 1 aromatic rings. The number of aromatic nitrogens is 2. The lowest BCUT2D eigenvalue weighted by atomic mass is 9.76. The molecule has 1 N–H and O–H groups in total. The average molecular weight is 265 g/mol. The molecule has 1 aromatic heterocycles. The van der Waals surface area contributed by atoms with Gasteiger partial charge in [-0.2, -0.15) is 4.98 Å². The van der Waals surface area contributed by atoms with Gasteiger partial charge in [-0.3, -0.25) is 0 Å². The van der Waals surface area contributed by atoms with E-state index in [9.17, 15) is 0 Å². The van der Waals surface area contributed by atoms with Gasteiger partial charge in [0.2, 0.25) is 11.7 Å². The summed E-state index contributed by atoms with van der Waals surface area (Å²) in [5, 5.41) is 7.61. The highest BCUT2D eigenvalue weighted by Crippen LogP contribution is 2.38. The summed E-state index contributed by atoms with van der Waals surface area (Å²) in [7, 11) is 0. The van der Waals surface area contributed by atoms with E-state index in [1.807, 2.05) is 0 Å². The zero-order valence-electron chi connectivity index (χ0n) is 11.9. The quantitative estimate of drug-likeness (QED) is 0.907. The maximum absolute atomic E-state index is 5.80. The first-order valence-corrected chi connectivity index (χ1v) is 7.38. The third-order valence-corrected chi connectivity index (χ3v) is 4.81. The zero-order chi connectivity index (χ0) is 13.3. The van der Waals surface area contributed by atoms with Crippen molar-refractivity contribution in [1.82, 2.24) is 15.5 Å². The van der Waals surface area contributed by atoms with Crippen molar-refractivity contribution in [1.29, 1.82) is 0 Å². The minimum atomic E-state index is -0.344. The van der Waals surface area contributed by atoms with Gasteiger partial charge in [-0.15, -0.1) is 0 Å². The third-order valence-electron chi connectivity index (χ3n) is 4.81. The predicted molar refractivity (Wildman–Crippen MR) is 70.9 cm³/mol. The third kappa shape index (κ3) is 2.19. The van der Waals surface area contributed by atoms with Gasteiger partial charge < -0.3 is 14.6 Å². The molecule has 2 saturated heterocycles. The van der Waals surface area contributed by atoms with Crippen LogP contribution >= 0.6 is 0 Å². The lowest BCUT2D eigenvalue weighted by Gasteiger charge is -2.33. The molecule has 5 nitrogen and oxygen atoms in total. The SMILES string of the molecule is CCC1(c2nc(C3(C)CCCO3)no2)CCNCC1. The van der Waals surface area contributed by atoms with Crippen molar-refractivity contribution in [3.63, 3.8) is 0 Å². The van der Waals surface area contributed by atoms with Crippen LogP contribution in [0.15, 0.2) is 4.52 Å². The van der Waals surface area contributed by atoms with Crippen molar-refractivity contribution in [3.05, 3.63) is 11.7 Å². The summed E-state index contributed by atoms with van der Waals surface area (Å²) >= 11 is 0. The van der Waals surface area contributed by atoms with Gasteiger partial charge in [0, 0.05) is 6.61 Å². The average Bonchev–Trinajstić information content (AvgIpc) is 3.09. The van der Waals surface area contributed by atoms with Crippen LogP contribution in [0.2, 0.25) is 0 Å². The Kier molecular flexibility index (Phi) is 3.35. The number of rotatable bonds is 3. The predicted octanol–water partition coefficient (Wildman–Crippen LogP) is 2.13. The molecule has 0 bridgehead atoms. The maximum Gasteiger partial charge on any atom is 0.233 e. The van der Waals surface area contributed by atoms with Gasteiger partial charge in [0.15, 0.2) is 0 Å². The van der Waals surface area contributed by atoms with E-state index in [4.69, 9.17) is 14.2 Å². The maximum atomic E-state index is 5.80. The van der Waals surface area contributed by atoms with Gasteiger partial charge >= 0.3 is 0 Å². The first-order chi connectivity index (χ1) is 9.19. The summed E-state index contributed by atoms with van der Waals surface area (Å²) in [5.41, 5.74) is -0.283. The molecule has 1 atom stereocenters. The van der Waals surface area contributed by atoms with E-state index in [-0.39, 0.29) is 11.0 Å². The number of ether oxygens (including phenoxy) is 1. The Labute approximate surface area is 114 Å². The van der Waals surface area contributed by atoms with Gasteiger partial charge in [0.25, 0.3) is 0 Å². The number of nitrogens with zero attached hydrogens (tertiary/aromatic N) is 2. The number of nitrogens with one attached hydrogen (secondary N) is 1. The van der Waals surface area contributed by atoms with E-state index in [2.05, 4.69) is 24.3 Å². The van der Waals surface area contributed by atoms with Crippen molar-refractivity contribution in [2.45, 2.75) is 57.0 Å². The second-order valence-corrected chi connectivity index (χ2v) is 5.99. The molecule has 106 valence electrons. The summed E-state index contributed by atoms with van der Waals surface area (Å²) < 4.78 is 11.4. The van der Waals surface area contributed by atoms with Crippen molar-refractivity contribution in [2.24, 2.45) is 0 Å². The van der Waals surface area contributed by atoms with E-state index in [1.165, 1.54) is 0 Å². The number of hydrogen-bond donors (Lipinski definition) is 1. The lowest BCUT2D eigenvalue weighted by molar-refractivity contribution is 0.00768. The molecule has 1 unspecified atom stereocenters. The molecule has 2 aliphatic heterocycles. The van der Waals surface area contributed by atoms with Gasteiger partial charge in [0.1, 0.15) is 5.60 Å². The Morgan fingerprint density at radius 2 is 2.05 bits per heavy atom. The molecule has 3 rings (SSSR count). The van der Waals surface area contributed by atoms with E-state index in [1.54, 1.807) is 0 Å². The van der Waals surface area contributed by atoms with Crippen LogP contribution in [0.3, 0.4) is 0 Å². The highest BCUT2D eigenvalue weighted by Gasteiger charge is 2.41. The zero-order valence-corrected chi connectivity index (χ0v) is 11.9. The van der Waals surface area contributed by atoms with E-state index < -0.39 is 0 Å². The molecule has 0 spiro atoms. The molecular weight excluding hydrogens is 242 g/mol. The second kappa shape index (κ2) is 4.87. The normalized spacial score (nSPS) is 30.6. The Bertz CT molecular complexity index is 432.